The molecule has 1 aliphatic rings. The Morgan fingerprint density at radius 3 is 2.61 bits per heavy atom. The summed E-state index contributed by atoms with van der Waals surface area (Å²) in [7, 11) is 1.57. The van der Waals surface area contributed by atoms with E-state index in [2.05, 4.69) is 42.0 Å². The average molecular weight is 465 g/mol. The van der Waals surface area contributed by atoms with Crippen LogP contribution in [0.15, 0.2) is 22.7 Å². The number of ether oxygens (including phenoxy) is 1. The fraction of sp³-hybridized carbons (Fsp3) is 0.429. The third kappa shape index (κ3) is 4.10. The predicted octanol–water partition coefficient (Wildman–Crippen LogP) is 5.02. The van der Waals surface area contributed by atoms with Gasteiger partial charge in [-0.25, -0.2) is 0 Å². The largest absolute Gasteiger partial charge is 0.496 e. The summed E-state index contributed by atoms with van der Waals surface area (Å²) in [6.07, 6.45) is 2.75. The number of benzene rings is 1. The maximum absolute atomic E-state index is 12.8. The molecule has 0 saturated carbocycles. The molecule has 2 aromatic rings. The van der Waals surface area contributed by atoms with E-state index in [0.717, 1.165) is 29.7 Å². The first-order chi connectivity index (χ1) is 13.1. The van der Waals surface area contributed by atoms with Gasteiger partial charge in [0.1, 0.15) is 10.8 Å². The van der Waals surface area contributed by atoms with Gasteiger partial charge in [-0.3, -0.25) is 9.59 Å². The quantitative estimate of drug-likeness (QED) is 0.665. The van der Waals surface area contributed by atoms with Crippen LogP contribution < -0.4 is 15.8 Å². The number of hydrogen-bond acceptors (Lipinski definition) is 4. The highest BCUT2D eigenvalue weighted by atomic mass is 79.9. The Labute approximate surface area is 177 Å². The molecule has 0 radical (unpaired) electrons. The lowest BCUT2D eigenvalue weighted by Crippen LogP contribution is -2.27. The highest BCUT2D eigenvalue weighted by molar-refractivity contribution is 9.10. The van der Waals surface area contributed by atoms with Gasteiger partial charge in [0.15, 0.2) is 0 Å². The summed E-state index contributed by atoms with van der Waals surface area (Å²) >= 11 is 4.87. The fourth-order valence-corrected chi connectivity index (χ4v) is 5.53. The lowest BCUT2D eigenvalue weighted by molar-refractivity contribution is 0.1000. The Hall–Kier alpha value is -1.86. The molecule has 150 valence electrons. The van der Waals surface area contributed by atoms with Gasteiger partial charge in [0, 0.05) is 10.4 Å². The number of hydrogen-bond donors (Lipinski definition) is 2. The molecule has 1 atom stereocenters. The van der Waals surface area contributed by atoms with Crippen LogP contribution in [0.25, 0.3) is 0 Å². The molecule has 3 N–H and O–H groups in total. The highest BCUT2D eigenvalue weighted by Crippen LogP contribution is 2.44. The van der Waals surface area contributed by atoms with Gasteiger partial charge in [-0.05, 0) is 70.3 Å². The van der Waals surface area contributed by atoms with Crippen LogP contribution in [-0.2, 0) is 12.8 Å². The normalized spacial score (nSPS) is 16.4. The molecule has 5 nitrogen and oxygen atoms in total. The molecule has 2 amide bonds. The zero-order valence-electron chi connectivity index (χ0n) is 16.5. The Kier molecular flexibility index (Phi) is 5.87. The lowest BCUT2D eigenvalue weighted by atomic mass is 9.72. The van der Waals surface area contributed by atoms with Gasteiger partial charge in [0.25, 0.3) is 11.8 Å². The molecule has 0 saturated heterocycles. The van der Waals surface area contributed by atoms with Crippen molar-refractivity contribution in [1.29, 1.82) is 0 Å². The van der Waals surface area contributed by atoms with Crippen LogP contribution in [-0.4, -0.2) is 18.9 Å². The molecule has 1 heterocycles. The van der Waals surface area contributed by atoms with Crippen molar-refractivity contribution in [3.8, 4) is 5.75 Å². The van der Waals surface area contributed by atoms with Crippen LogP contribution in [0.4, 0.5) is 5.00 Å². The summed E-state index contributed by atoms with van der Waals surface area (Å²) in [5.41, 5.74) is 7.82. The van der Waals surface area contributed by atoms with E-state index in [0.29, 0.717) is 32.3 Å². The number of amides is 2. The zero-order chi connectivity index (χ0) is 20.6. The van der Waals surface area contributed by atoms with E-state index in [4.69, 9.17) is 10.5 Å². The molecule has 0 bridgehead atoms. The number of anilines is 1. The number of carbonyl (C=O) groups excluding carboxylic acids is 2. The van der Waals surface area contributed by atoms with Crippen LogP contribution in [0.2, 0.25) is 0 Å². The molecule has 1 aromatic carbocycles. The number of carbonyl (C=O) groups is 2. The molecule has 7 heteroatoms. The first-order valence-corrected chi connectivity index (χ1v) is 10.8. The number of fused-ring (bicyclic) bond motifs is 1. The molecule has 28 heavy (non-hydrogen) atoms. The molecule has 3 rings (SSSR count). The number of nitrogens with two attached hydrogens (primary N) is 1. The smallest absolute Gasteiger partial charge is 0.256 e. The third-order valence-corrected chi connectivity index (χ3v) is 7.17. The number of rotatable bonds is 4. The standard InChI is InChI=1S/C21H25BrN2O3S/c1-21(2,3)12-6-7-13-16(10-12)28-20(17(13)18(23)25)24-19(26)11-5-8-15(27-4)14(22)9-11/h5,8-9,12H,6-7,10H2,1-4H3,(H2,23,25)(H,24,26)/t12-/m1/s1. The van der Waals surface area contributed by atoms with E-state index >= 15 is 0 Å². The van der Waals surface area contributed by atoms with Crippen molar-refractivity contribution in [2.75, 3.05) is 12.4 Å². The molecular formula is C21H25BrN2O3S. The lowest BCUT2D eigenvalue weighted by Gasteiger charge is -2.33. The number of halogens is 1. The molecule has 0 aliphatic heterocycles. The van der Waals surface area contributed by atoms with Gasteiger partial charge < -0.3 is 15.8 Å². The molecule has 1 aliphatic carbocycles. The summed E-state index contributed by atoms with van der Waals surface area (Å²) in [6, 6.07) is 5.11. The van der Waals surface area contributed by atoms with E-state index in [1.165, 1.54) is 11.3 Å². The summed E-state index contributed by atoms with van der Waals surface area (Å²) < 4.78 is 5.89. The van der Waals surface area contributed by atoms with Crippen LogP contribution in [0.3, 0.4) is 0 Å². The number of primary amides is 1. The molecule has 0 unspecified atom stereocenters. The van der Waals surface area contributed by atoms with E-state index in [1.807, 2.05) is 0 Å². The van der Waals surface area contributed by atoms with Gasteiger partial charge in [-0.1, -0.05) is 20.8 Å². The summed E-state index contributed by atoms with van der Waals surface area (Å²) in [5.74, 6) is 0.421. The van der Waals surface area contributed by atoms with Crippen molar-refractivity contribution in [3.63, 3.8) is 0 Å². The van der Waals surface area contributed by atoms with E-state index in [1.54, 1.807) is 25.3 Å². The molecule has 0 spiro atoms. The first-order valence-electron chi connectivity index (χ1n) is 9.21. The van der Waals surface area contributed by atoms with Crippen molar-refractivity contribution < 1.29 is 14.3 Å². The number of methoxy groups -OCH3 is 1. The maximum atomic E-state index is 12.8. The van der Waals surface area contributed by atoms with Crippen molar-refractivity contribution in [2.45, 2.75) is 40.0 Å². The topological polar surface area (TPSA) is 81.4 Å². The second-order valence-electron chi connectivity index (χ2n) is 8.18. The van der Waals surface area contributed by atoms with Gasteiger partial charge in [-0.15, -0.1) is 11.3 Å². The first kappa shape index (κ1) is 20.9. The Bertz CT molecular complexity index is 930. The fourth-order valence-electron chi connectivity index (χ4n) is 3.66. The van der Waals surface area contributed by atoms with Crippen LogP contribution in [0.1, 0.15) is 58.3 Å². The second kappa shape index (κ2) is 7.87. The van der Waals surface area contributed by atoms with E-state index in [9.17, 15) is 9.59 Å². The van der Waals surface area contributed by atoms with E-state index < -0.39 is 5.91 Å². The maximum Gasteiger partial charge on any atom is 0.256 e. The number of nitrogens with one attached hydrogen (secondary N) is 1. The van der Waals surface area contributed by atoms with Gasteiger partial charge in [-0.2, -0.15) is 0 Å². The monoisotopic (exact) mass is 464 g/mol. The molecular weight excluding hydrogens is 440 g/mol. The van der Waals surface area contributed by atoms with E-state index in [-0.39, 0.29) is 11.3 Å². The molecule has 1 aromatic heterocycles. The van der Waals surface area contributed by atoms with Gasteiger partial charge in [0.2, 0.25) is 0 Å². The number of thiophene rings is 1. The van der Waals surface area contributed by atoms with Crippen LogP contribution in [0, 0.1) is 11.3 Å². The predicted molar refractivity (Wildman–Crippen MR) is 116 cm³/mol. The summed E-state index contributed by atoms with van der Waals surface area (Å²) in [5, 5.41) is 3.45. The summed E-state index contributed by atoms with van der Waals surface area (Å²) in [6.45, 7) is 6.74. The van der Waals surface area contributed by atoms with Crippen molar-refractivity contribution >= 4 is 44.1 Å². The van der Waals surface area contributed by atoms with Crippen molar-refractivity contribution in [3.05, 3.63) is 44.2 Å². The van der Waals surface area contributed by atoms with Crippen molar-refractivity contribution in [2.24, 2.45) is 17.1 Å². The minimum Gasteiger partial charge on any atom is -0.496 e. The van der Waals surface area contributed by atoms with Crippen LogP contribution in [0.5, 0.6) is 5.75 Å². The minimum atomic E-state index is -0.488. The Morgan fingerprint density at radius 2 is 2.04 bits per heavy atom. The SMILES string of the molecule is COc1ccc(C(=O)Nc2sc3c(c2C(N)=O)CC[C@@H](C(C)(C)C)C3)cc1Br. The Balaban J connectivity index is 1.90. The zero-order valence-corrected chi connectivity index (χ0v) is 18.9. The molecule has 0 fully saturated rings. The summed E-state index contributed by atoms with van der Waals surface area (Å²) in [4.78, 5) is 26.1. The third-order valence-electron chi connectivity index (χ3n) is 5.38. The average Bonchev–Trinajstić information content (AvgIpc) is 2.97. The second-order valence-corrected chi connectivity index (χ2v) is 10.1. The van der Waals surface area contributed by atoms with Crippen molar-refractivity contribution in [1.82, 2.24) is 0 Å². The minimum absolute atomic E-state index is 0.202. The Morgan fingerprint density at radius 1 is 1.32 bits per heavy atom. The highest BCUT2D eigenvalue weighted by Gasteiger charge is 2.33. The van der Waals surface area contributed by atoms with Gasteiger partial charge in [0.05, 0.1) is 17.1 Å². The van der Waals surface area contributed by atoms with Crippen LogP contribution >= 0.6 is 27.3 Å². The van der Waals surface area contributed by atoms with Gasteiger partial charge >= 0.3 is 0 Å².